The van der Waals surface area contributed by atoms with Crippen molar-refractivity contribution < 1.29 is 17.3 Å². The minimum Gasteiger partial charge on any atom is -0.438 e. The van der Waals surface area contributed by atoms with Gasteiger partial charge in [-0.25, -0.2) is 8.42 Å². The summed E-state index contributed by atoms with van der Waals surface area (Å²) < 4.78 is 37.9. The zero-order chi connectivity index (χ0) is 16.0. The van der Waals surface area contributed by atoms with Crippen LogP contribution in [0.15, 0.2) is 26.1 Å². The number of furan rings is 1. The molecular weight excluding hydrogens is 318 g/mol. The smallest absolute Gasteiger partial charge is 0.283 e. The third kappa shape index (κ3) is 2.81. The third-order valence-electron chi connectivity index (χ3n) is 4.37. The molecule has 0 aromatic carbocycles. The average Bonchev–Trinajstić information content (AvgIpc) is 3.06. The van der Waals surface area contributed by atoms with Crippen molar-refractivity contribution in [1.29, 1.82) is 0 Å². The fraction of sp³-hybridized carbons (Fsp3) is 0.600. The number of hydrogen-bond donors (Lipinski definition) is 0. The molecule has 0 unspecified atom stereocenters. The van der Waals surface area contributed by atoms with E-state index in [0.29, 0.717) is 36.6 Å². The molecule has 8 heteroatoms. The fourth-order valence-electron chi connectivity index (χ4n) is 2.89. The minimum atomic E-state index is -3.60. The summed E-state index contributed by atoms with van der Waals surface area (Å²) in [6.07, 6.45) is 4.06. The number of rotatable bonds is 4. The van der Waals surface area contributed by atoms with E-state index >= 15 is 0 Å². The molecule has 0 spiro atoms. The van der Waals surface area contributed by atoms with E-state index in [9.17, 15) is 8.42 Å². The number of hydrogen-bond acceptors (Lipinski definition) is 6. The maximum absolute atomic E-state index is 12.7. The molecule has 2 aromatic rings. The van der Waals surface area contributed by atoms with Gasteiger partial charge < -0.3 is 8.83 Å². The SMILES string of the molecule is C[C@@H]1CCCN(S(=O)(=O)c2ccc(-c3nnc(C4CC4)o3)o2)C1. The van der Waals surface area contributed by atoms with Crippen LogP contribution in [-0.2, 0) is 10.0 Å². The topological polar surface area (TPSA) is 89.4 Å². The Kier molecular flexibility index (Phi) is 3.53. The van der Waals surface area contributed by atoms with Gasteiger partial charge in [0.05, 0.1) is 0 Å². The van der Waals surface area contributed by atoms with Gasteiger partial charge in [0.1, 0.15) is 0 Å². The van der Waals surface area contributed by atoms with Crippen molar-refractivity contribution in [3.63, 3.8) is 0 Å². The van der Waals surface area contributed by atoms with E-state index in [0.717, 1.165) is 25.7 Å². The van der Waals surface area contributed by atoms with Crippen molar-refractivity contribution >= 4 is 10.0 Å². The maximum Gasteiger partial charge on any atom is 0.283 e. The van der Waals surface area contributed by atoms with Crippen LogP contribution in [0.1, 0.15) is 44.4 Å². The Hall–Kier alpha value is -1.67. The molecule has 7 nitrogen and oxygen atoms in total. The molecule has 0 radical (unpaired) electrons. The standard InChI is InChI=1S/C15H19N3O4S/c1-10-3-2-8-18(9-10)23(19,20)13-7-6-12(21-13)15-17-16-14(22-15)11-4-5-11/h6-7,10-11H,2-5,8-9H2,1H3/t10-/m1/s1. The maximum atomic E-state index is 12.7. The zero-order valence-electron chi connectivity index (χ0n) is 12.9. The molecule has 2 aliphatic rings. The van der Waals surface area contributed by atoms with Crippen LogP contribution in [0.3, 0.4) is 0 Å². The monoisotopic (exact) mass is 337 g/mol. The Morgan fingerprint density at radius 1 is 1.17 bits per heavy atom. The highest BCUT2D eigenvalue weighted by molar-refractivity contribution is 7.89. The first-order valence-electron chi connectivity index (χ1n) is 7.98. The van der Waals surface area contributed by atoms with Gasteiger partial charge in [-0.05, 0) is 43.7 Å². The molecule has 1 saturated carbocycles. The lowest BCUT2D eigenvalue weighted by atomic mass is 10.0. The van der Waals surface area contributed by atoms with Crippen LogP contribution in [0.4, 0.5) is 0 Å². The third-order valence-corrected chi connectivity index (χ3v) is 6.11. The first-order chi connectivity index (χ1) is 11.0. The highest BCUT2D eigenvalue weighted by atomic mass is 32.2. The first-order valence-corrected chi connectivity index (χ1v) is 9.42. The molecule has 4 rings (SSSR count). The predicted octanol–water partition coefficient (Wildman–Crippen LogP) is 2.63. The lowest BCUT2D eigenvalue weighted by Gasteiger charge is -2.29. The highest BCUT2D eigenvalue weighted by Gasteiger charge is 2.33. The normalized spacial score (nSPS) is 23.3. The van der Waals surface area contributed by atoms with Gasteiger partial charge in [0.25, 0.3) is 15.9 Å². The van der Waals surface area contributed by atoms with E-state index < -0.39 is 10.0 Å². The lowest BCUT2D eigenvalue weighted by molar-refractivity contribution is 0.275. The molecular formula is C15H19N3O4S. The van der Waals surface area contributed by atoms with Crippen molar-refractivity contribution in [2.24, 2.45) is 5.92 Å². The molecule has 2 aromatic heterocycles. The Bertz CT molecular complexity index is 806. The Morgan fingerprint density at radius 3 is 2.74 bits per heavy atom. The van der Waals surface area contributed by atoms with Crippen molar-refractivity contribution in [2.75, 3.05) is 13.1 Å². The molecule has 2 fully saturated rings. The second-order valence-corrected chi connectivity index (χ2v) is 8.32. The molecule has 0 N–H and O–H groups in total. The van der Waals surface area contributed by atoms with E-state index in [-0.39, 0.29) is 11.0 Å². The van der Waals surface area contributed by atoms with Crippen LogP contribution in [0.25, 0.3) is 11.7 Å². The van der Waals surface area contributed by atoms with Crippen LogP contribution >= 0.6 is 0 Å². The molecule has 1 aliphatic carbocycles. The van der Waals surface area contributed by atoms with Gasteiger partial charge in [0, 0.05) is 19.0 Å². The van der Waals surface area contributed by atoms with Crippen molar-refractivity contribution in [2.45, 2.75) is 43.6 Å². The number of sulfonamides is 1. The summed E-state index contributed by atoms with van der Waals surface area (Å²) in [6, 6.07) is 3.04. The molecule has 1 aliphatic heterocycles. The molecule has 1 saturated heterocycles. The van der Waals surface area contributed by atoms with E-state index in [1.807, 2.05) is 0 Å². The molecule has 1 atom stereocenters. The fourth-order valence-corrected chi connectivity index (χ4v) is 4.40. The summed E-state index contributed by atoms with van der Waals surface area (Å²) in [6.45, 7) is 3.13. The molecule has 3 heterocycles. The van der Waals surface area contributed by atoms with Crippen molar-refractivity contribution in [3.05, 3.63) is 18.0 Å². The van der Waals surface area contributed by atoms with Gasteiger partial charge in [-0.3, -0.25) is 0 Å². The van der Waals surface area contributed by atoms with Crippen LogP contribution in [0.5, 0.6) is 0 Å². The van der Waals surface area contributed by atoms with Gasteiger partial charge in [0.2, 0.25) is 11.0 Å². The van der Waals surface area contributed by atoms with Crippen LogP contribution in [-0.4, -0.2) is 36.0 Å². The Labute approximate surface area is 134 Å². The number of piperidine rings is 1. The molecule has 23 heavy (non-hydrogen) atoms. The lowest BCUT2D eigenvalue weighted by Crippen LogP contribution is -2.38. The summed E-state index contributed by atoms with van der Waals surface area (Å²) in [5.41, 5.74) is 0. The van der Waals surface area contributed by atoms with Crippen LogP contribution in [0.2, 0.25) is 0 Å². The van der Waals surface area contributed by atoms with Crippen molar-refractivity contribution in [3.8, 4) is 11.7 Å². The van der Waals surface area contributed by atoms with E-state index in [4.69, 9.17) is 8.83 Å². The van der Waals surface area contributed by atoms with Gasteiger partial charge >= 0.3 is 0 Å². The molecule has 0 amide bonds. The number of aromatic nitrogens is 2. The van der Waals surface area contributed by atoms with Crippen LogP contribution < -0.4 is 0 Å². The van der Waals surface area contributed by atoms with E-state index in [1.165, 1.54) is 10.4 Å². The second kappa shape index (κ2) is 5.45. The van der Waals surface area contributed by atoms with Crippen LogP contribution in [0, 0.1) is 5.92 Å². The molecule has 124 valence electrons. The number of nitrogens with zero attached hydrogens (tertiary/aromatic N) is 3. The Balaban J connectivity index is 1.58. The summed E-state index contributed by atoms with van der Waals surface area (Å²) in [7, 11) is -3.60. The highest BCUT2D eigenvalue weighted by Crippen LogP contribution is 2.40. The summed E-state index contributed by atoms with van der Waals surface area (Å²) in [5, 5.41) is 7.88. The Morgan fingerprint density at radius 2 is 2.00 bits per heavy atom. The summed E-state index contributed by atoms with van der Waals surface area (Å²) in [5.74, 6) is 1.85. The average molecular weight is 337 g/mol. The largest absolute Gasteiger partial charge is 0.438 e. The summed E-state index contributed by atoms with van der Waals surface area (Å²) in [4.78, 5) is 0. The zero-order valence-corrected chi connectivity index (χ0v) is 13.8. The summed E-state index contributed by atoms with van der Waals surface area (Å²) >= 11 is 0. The van der Waals surface area contributed by atoms with E-state index in [1.54, 1.807) is 6.07 Å². The quantitative estimate of drug-likeness (QED) is 0.852. The van der Waals surface area contributed by atoms with Gasteiger partial charge in [-0.1, -0.05) is 6.92 Å². The molecule has 0 bridgehead atoms. The van der Waals surface area contributed by atoms with Crippen molar-refractivity contribution in [1.82, 2.24) is 14.5 Å². The van der Waals surface area contributed by atoms with Gasteiger partial charge in [0.15, 0.2) is 5.76 Å². The van der Waals surface area contributed by atoms with Gasteiger partial charge in [-0.15, -0.1) is 10.2 Å². The van der Waals surface area contributed by atoms with E-state index in [2.05, 4.69) is 17.1 Å². The first kappa shape index (κ1) is 14.9. The second-order valence-electron chi connectivity index (χ2n) is 6.45. The van der Waals surface area contributed by atoms with Gasteiger partial charge in [-0.2, -0.15) is 4.31 Å². The minimum absolute atomic E-state index is 0.0622. The predicted molar refractivity (Wildman–Crippen MR) is 81.1 cm³/mol.